The highest BCUT2D eigenvalue weighted by atomic mass is 35.5. The molecule has 6 heteroatoms. The number of nitrogens with one attached hydrogen (secondary N) is 2. The normalized spacial score (nSPS) is 11.9. The first kappa shape index (κ1) is 19.9. The molecule has 0 saturated heterocycles. The Hall–Kier alpha value is -2.37. The Morgan fingerprint density at radius 3 is 2.15 bits per heavy atom. The highest BCUT2D eigenvalue weighted by Crippen LogP contribution is 2.26. The standard InChI is InChI=1S/C20H24ClN3O2/c1-4-24(14(2)18-7-5-6-8-19(18)21)13-20(26)23-17-11-9-16(10-12-17)22-15(3)25/h5-12,14H,4,13H2,1-3H3,(H,22,25)(H,23,26)/t14-/m1/s1. The van der Waals surface area contributed by atoms with Crippen LogP contribution >= 0.6 is 11.6 Å². The van der Waals surface area contributed by atoms with Crippen molar-refractivity contribution in [2.45, 2.75) is 26.8 Å². The smallest absolute Gasteiger partial charge is 0.238 e. The molecule has 0 aliphatic rings. The maximum absolute atomic E-state index is 12.4. The van der Waals surface area contributed by atoms with Crippen LogP contribution < -0.4 is 10.6 Å². The molecule has 2 aromatic rings. The van der Waals surface area contributed by atoms with Gasteiger partial charge in [-0.15, -0.1) is 0 Å². The average molecular weight is 374 g/mol. The topological polar surface area (TPSA) is 61.4 Å². The second-order valence-electron chi connectivity index (χ2n) is 6.07. The van der Waals surface area contributed by atoms with Gasteiger partial charge in [-0.3, -0.25) is 14.5 Å². The number of anilines is 2. The van der Waals surface area contributed by atoms with Crippen LogP contribution in [0.3, 0.4) is 0 Å². The monoisotopic (exact) mass is 373 g/mol. The van der Waals surface area contributed by atoms with Gasteiger partial charge in [-0.05, 0) is 49.4 Å². The summed E-state index contributed by atoms with van der Waals surface area (Å²) in [4.78, 5) is 25.5. The number of likely N-dealkylation sites (N-methyl/N-ethyl adjacent to an activating group) is 1. The second-order valence-corrected chi connectivity index (χ2v) is 6.47. The van der Waals surface area contributed by atoms with Gasteiger partial charge in [-0.25, -0.2) is 0 Å². The number of carbonyl (C=O) groups excluding carboxylic acids is 2. The largest absolute Gasteiger partial charge is 0.326 e. The van der Waals surface area contributed by atoms with Gasteiger partial charge in [0.15, 0.2) is 0 Å². The van der Waals surface area contributed by atoms with Crippen LogP contribution in [0.5, 0.6) is 0 Å². The molecular weight excluding hydrogens is 350 g/mol. The first-order chi connectivity index (χ1) is 12.4. The van der Waals surface area contributed by atoms with E-state index in [9.17, 15) is 9.59 Å². The fourth-order valence-electron chi connectivity index (χ4n) is 2.76. The fourth-order valence-corrected chi connectivity index (χ4v) is 3.05. The van der Waals surface area contributed by atoms with Gasteiger partial charge in [-0.2, -0.15) is 0 Å². The lowest BCUT2D eigenvalue weighted by Gasteiger charge is -2.28. The lowest BCUT2D eigenvalue weighted by atomic mass is 10.1. The van der Waals surface area contributed by atoms with Crippen LogP contribution in [-0.2, 0) is 9.59 Å². The van der Waals surface area contributed by atoms with E-state index in [4.69, 9.17) is 11.6 Å². The van der Waals surface area contributed by atoms with Crippen molar-refractivity contribution in [1.29, 1.82) is 0 Å². The summed E-state index contributed by atoms with van der Waals surface area (Å²) in [5.74, 6) is -0.230. The van der Waals surface area contributed by atoms with Crippen molar-refractivity contribution >= 4 is 34.8 Å². The molecule has 0 unspecified atom stereocenters. The number of hydrogen-bond acceptors (Lipinski definition) is 3. The van der Waals surface area contributed by atoms with Crippen LogP contribution in [0, 0.1) is 0 Å². The lowest BCUT2D eigenvalue weighted by molar-refractivity contribution is -0.118. The highest BCUT2D eigenvalue weighted by molar-refractivity contribution is 6.31. The van der Waals surface area contributed by atoms with Crippen LogP contribution in [0.15, 0.2) is 48.5 Å². The van der Waals surface area contributed by atoms with Crippen LogP contribution in [-0.4, -0.2) is 29.8 Å². The van der Waals surface area contributed by atoms with Gasteiger partial charge in [0, 0.05) is 29.4 Å². The van der Waals surface area contributed by atoms with E-state index in [0.29, 0.717) is 16.4 Å². The second kappa shape index (κ2) is 9.36. The van der Waals surface area contributed by atoms with E-state index in [1.54, 1.807) is 24.3 Å². The average Bonchev–Trinajstić information content (AvgIpc) is 2.61. The molecule has 26 heavy (non-hydrogen) atoms. The van der Waals surface area contributed by atoms with Crippen molar-refractivity contribution in [2.24, 2.45) is 0 Å². The zero-order chi connectivity index (χ0) is 19.1. The Morgan fingerprint density at radius 1 is 1.04 bits per heavy atom. The third kappa shape index (κ3) is 5.58. The van der Waals surface area contributed by atoms with Gasteiger partial charge in [-0.1, -0.05) is 36.7 Å². The summed E-state index contributed by atoms with van der Waals surface area (Å²) < 4.78 is 0. The molecule has 2 N–H and O–H groups in total. The Balaban J connectivity index is 1.98. The first-order valence-electron chi connectivity index (χ1n) is 8.56. The summed E-state index contributed by atoms with van der Waals surface area (Å²) in [6, 6.07) is 14.7. The van der Waals surface area contributed by atoms with E-state index < -0.39 is 0 Å². The van der Waals surface area contributed by atoms with Crippen molar-refractivity contribution in [1.82, 2.24) is 4.90 Å². The number of benzene rings is 2. The van der Waals surface area contributed by atoms with E-state index in [0.717, 1.165) is 12.1 Å². The maximum Gasteiger partial charge on any atom is 0.238 e. The molecule has 0 radical (unpaired) electrons. The molecule has 0 fully saturated rings. The van der Waals surface area contributed by atoms with Crippen LogP contribution in [0.1, 0.15) is 32.4 Å². The Bertz CT molecular complexity index is 762. The maximum atomic E-state index is 12.4. The van der Waals surface area contributed by atoms with E-state index >= 15 is 0 Å². The molecular formula is C20H24ClN3O2. The predicted molar refractivity (Wildman–Crippen MR) is 106 cm³/mol. The van der Waals surface area contributed by atoms with Gasteiger partial charge < -0.3 is 10.6 Å². The molecule has 2 amide bonds. The van der Waals surface area contributed by atoms with Crippen LogP contribution in [0.4, 0.5) is 11.4 Å². The molecule has 0 heterocycles. The van der Waals surface area contributed by atoms with E-state index in [-0.39, 0.29) is 24.4 Å². The molecule has 0 saturated carbocycles. The summed E-state index contributed by atoms with van der Waals surface area (Å²) in [6.45, 7) is 6.50. The third-order valence-electron chi connectivity index (χ3n) is 4.14. The van der Waals surface area contributed by atoms with E-state index in [1.807, 2.05) is 38.1 Å². The van der Waals surface area contributed by atoms with Gasteiger partial charge in [0.1, 0.15) is 0 Å². The summed E-state index contributed by atoms with van der Waals surface area (Å²) in [6.07, 6.45) is 0. The minimum absolute atomic E-state index is 0.0293. The Labute approximate surface area is 159 Å². The molecule has 0 aliphatic carbocycles. The Kier molecular flexibility index (Phi) is 7.18. The SMILES string of the molecule is CCN(CC(=O)Nc1ccc(NC(C)=O)cc1)[C@H](C)c1ccccc1Cl. The predicted octanol–water partition coefficient (Wildman–Crippen LogP) is 4.32. The van der Waals surface area contributed by atoms with Crippen molar-refractivity contribution < 1.29 is 9.59 Å². The van der Waals surface area contributed by atoms with E-state index in [1.165, 1.54) is 6.92 Å². The molecule has 0 aromatic heterocycles. The van der Waals surface area contributed by atoms with Gasteiger partial charge in [0.2, 0.25) is 11.8 Å². The van der Waals surface area contributed by atoms with Gasteiger partial charge in [0.05, 0.1) is 6.54 Å². The van der Waals surface area contributed by atoms with Crippen molar-refractivity contribution in [2.75, 3.05) is 23.7 Å². The van der Waals surface area contributed by atoms with E-state index in [2.05, 4.69) is 15.5 Å². The molecule has 0 aliphatic heterocycles. The number of nitrogens with zero attached hydrogens (tertiary/aromatic N) is 1. The number of amides is 2. The summed E-state index contributed by atoms with van der Waals surface area (Å²) >= 11 is 6.28. The summed E-state index contributed by atoms with van der Waals surface area (Å²) in [5, 5.41) is 6.28. The van der Waals surface area contributed by atoms with Crippen LogP contribution in [0.2, 0.25) is 5.02 Å². The minimum Gasteiger partial charge on any atom is -0.326 e. The summed E-state index contributed by atoms with van der Waals surface area (Å²) in [7, 11) is 0. The van der Waals surface area contributed by atoms with Crippen molar-refractivity contribution in [3.8, 4) is 0 Å². The molecule has 138 valence electrons. The van der Waals surface area contributed by atoms with Gasteiger partial charge >= 0.3 is 0 Å². The van der Waals surface area contributed by atoms with Crippen molar-refractivity contribution in [3.63, 3.8) is 0 Å². The third-order valence-corrected chi connectivity index (χ3v) is 4.49. The number of hydrogen-bond donors (Lipinski definition) is 2. The minimum atomic E-state index is -0.131. The number of rotatable bonds is 7. The van der Waals surface area contributed by atoms with Crippen LogP contribution in [0.25, 0.3) is 0 Å². The van der Waals surface area contributed by atoms with Crippen molar-refractivity contribution in [3.05, 3.63) is 59.1 Å². The molecule has 2 aromatic carbocycles. The molecule has 5 nitrogen and oxygen atoms in total. The zero-order valence-electron chi connectivity index (χ0n) is 15.3. The van der Waals surface area contributed by atoms with Gasteiger partial charge in [0.25, 0.3) is 0 Å². The lowest BCUT2D eigenvalue weighted by Crippen LogP contribution is -2.35. The molecule has 0 bridgehead atoms. The molecule has 0 spiro atoms. The Morgan fingerprint density at radius 2 is 1.62 bits per heavy atom. The summed E-state index contributed by atoms with van der Waals surface area (Å²) in [5.41, 5.74) is 2.38. The quantitative estimate of drug-likeness (QED) is 0.759. The first-order valence-corrected chi connectivity index (χ1v) is 8.94. The molecule has 1 atom stereocenters. The fraction of sp³-hybridized carbons (Fsp3) is 0.300. The zero-order valence-corrected chi connectivity index (χ0v) is 16.0. The number of halogens is 1. The number of carbonyl (C=O) groups is 2. The molecule has 2 rings (SSSR count). The highest BCUT2D eigenvalue weighted by Gasteiger charge is 2.19.